The molecule has 88 valence electrons. The summed E-state index contributed by atoms with van der Waals surface area (Å²) in [5.41, 5.74) is 6.01. The van der Waals surface area contributed by atoms with Crippen LogP contribution in [0.5, 0.6) is 0 Å². The van der Waals surface area contributed by atoms with E-state index in [1.54, 1.807) is 10.9 Å². The number of aryl methyl sites for hydroxylation is 1. The highest BCUT2D eigenvalue weighted by atomic mass is 16.5. The lowest BCUT2D eigenvalue weighted by molar-refractivity contribution is -0.126. The molecule has 16 heavy (non-hydrogen) atoms. The van der Waals surface area contributed by atoms with Gasteiger partial charge in [0.25, 0.3) is 0 Å². The predicted octanol–water partition coefficient (Wildman–Crippen LogP) is -0.846. The van der Waals surface area contributed by atoms with Gasteiger partial charge in [-0.05, 0) is 6.42 Å². The van der Waals surface area contributed by atoms with Crippen LogP contribution in [0.25, 0.3) is 0 Å². The fourth-order valence-electron chi connectivity index (χ4n) is 1.68. The third-order valence-corrected chi connectivity index (χ3v) is 2.72. The minimum absolute atomic E-state index is 0.158. The number of nitrogens with one attached hydrogen (secondary N) is 1. The molecule has 0 saturated carbocycles. The highest BCUT2D eigenvalue weighted by Gasteiger charge is 2.37. The number of amides is 1. The number of nitrogens with zero attached hydrogens (tertiary/aromatic N) is 2. The lowest BCUT2D eigenvalue weighted by Crippen LogP contribution is -2.54. The van der Waals surface area contributed by atoms with Crippen molar-refractivity contribution in [2.75, 3.05) is 13.2 Å². The number of hydrogen-bond donors (Lipinski definition) is 2. The maximum atomic E-state index is 11.8. The van der Waals surface area contributed by atoms with Crippen molar-refractivity contribution >= 4 is 5.91 Å². The van der Waals surface area contributed by atoms with Crippen LogP contribution in [0.1, 0.15) is 12.0 Å². The van der Waals surface area contributed by atoms with Gasteiger partial charge in [-0.1, -0.05) is 0 Å². The van der Waals surface area contributed by atoms with Crippen molar-refractivity contribution in [2.24, 2.45) is 12.8 Å². The van der Waals surface area contributed by atoms with Crippen LogP contribution in [0.2, 0.25) is 0 Å². The molecule has 0 aliphatic carbocycles. The van der Waals surface area contributed by atoms with E-state index in [0.717, 1.165) is 5.56 Å². The minimum atomic E-state index is -0.859. The molecule has 0 aromatic carbocycles. The van der Waals surface area contributed by atoms with Crippen molar-refractivity contribution in [3.8, 4) is 0 Å². The molecule has 2 heterocycles. The van der Waals surface area contributed by atoms with Crippen molar-refractivity contribution in [2.45, 2.75) is 18.5 Å². The molecular weight excluding hydrogens is 208 g/mol. The Bertz CT molecular complexity index is 382. The molecule has 1 amide bonds. The van der Waals surface area contributed by atoms with Crippen molar-refractivity contribution in [1.82, 2.24) is 15.1 Å². The average Bonchev–Trinajstić information content (AvgIpc) is 2.85. The predicted molar refractivity (Wildman–Crippen MR) is 57.4 cm³/mol. The third kappa shape index (κ3) is 2.23. The van der Waals surface area contributed by atoms with Crippen molar-refractivity contribution < 1.29 is 9.53 Å². The van der Waals surface area contributed by atoms with Gasteiger partial charge < -0.3 is 15.8 Å². The second kappa shape index (κ2) is 4.23. The smallest absolute Gasteiger partial charge is 0.242 e. The molecule has 1 aliphatic heterocycles. The maximum Gasteiger partial charge on any atom is 0.242 e. The second-order valence-corrected chi connectivity index (χ2v) is 4.16. The van der Waals surface area contributed by atoms with Crippen LogP contribution >= 0.6 is 0 Å². The lowest BCUT2D eigenvalue weighted by Gasteiger charge is -2.20. The molecule has 1 saturated heterocycles. The summed E-state index contributed by atoms with van der Waals surface area (Å²) in [4.78, 5) is 11.8. The van der Waals surface area contributed by atoms with Gasteiger partial charge in [0.2, 0.25) is 5.91 Å². The first-order valence-corrected chi connectivity index (χ1v) is 5.23. The van der Waals surface area contributed by atoms with Crippen LogP contribution < -0.4 is 11.1 Å². The van der Waals surface area contributed by atoms with Crippen LogP contribution in [-0.2, 0) is 23.1 Å². The minimum Gasteiger partial charge on any atom is -0.379 e. The topological polar surface area (TPSA) is 82.2 Å². The number of rotatable bonds is 3. The van der Waals surface area contributed by atoms with Gasteiger partial charge in [0, 0.05) is 32.0 Å². The summed E-state index contributed by atoms with van der Waals surface area (Å²) in [6.07, 6.45) is 4.15. The zero-order valence-electron chi connectivity index (χ0n) is 9.27. The molecule has 3 N–H and O–H groups in total. The normalized spacial score (nSPS) is 24.6. The number of carbonyl (C=O) groups excluding carboxylic acids is 1. The number of aromatic nitrogens is 2. The Hall–Kier alpha value is -1.40. The summed E-state index contributed by atoms with van der Waals surface area (Å²) in [5, 5.41) is 6.82. The fourth-order valence-corrected chi connectivity index (χ4v) is 1.68. The number of ether oxygens (including phenoxy) is 1. The van der Waals surface area contributed by atoms with Gasteiger partial charge in [0.15, 0.2) is 0 Å². The quantitative estimate of drug-likeness (QED) is 0.701. The lowest BCUT2D eigenvalue weighted by atomic mass is 9.99. The second-order valence-electron chi connectivity index (χ2n) is 4.16. The summed E-state index contributed by atoms with van der Waals surface area (Å²) < 4.78 is 6.83. The first kappa shape index (κ1) is 11.1. The highest BCUT2D eigenvalue weighted by molar-refractivity contribution is 5.86. The largest absolute Gasteiger partial charge is 0.379 e. The van der Waals surface area contributed by atoms with Crippen LogP contribution in [0.4, 0.5) is 0 Å². The van der Waals surface area contributed by atoms with Crippen molar-refractivity contribution in [3.05, 3.63) is 18.0 Å². The first-order chi connectivity index (χ1) is 7.60. The summed E-state index contributed by atoms with van der Waals surface area (Å²) >= 11 is 0. The monoisotopic (exact) mass is 224 g/mol. The van der Waals surface area contributed by atoms with Crippen LogP contribution in [0.15, 0.2) is 12.4 Å². The van der Waals surface area contributed by atoms with Crippen LogP contribution in [-0.4, -0.2) is 34.4 Å². The summed E-state index contributed by atoms with van der Waals surface area (Å²) in [5.74, 6) is -0.158. The molecule has 1 aliphatic rings. The van der Waals surface area contributed by atoms with E-state index < -0.39 is 5.54 Å². The Morgan fingerprint density at radius 3 is 3.19 bits per heavy atom. The van der Waals surface area contributed by atoms with Gasteiger partial charge in [0.05, 0.1) is 12.8 Å². The Balaban J connectivity index is 1.88. The molecule has 6 nitrogen and oxygen atoms in total. The first-order valence-electron chi connectivity index (χ1n) is 5.23. The Morgan fingerprint density at radius 2 is 2.62 bits per heavy atom. The highest BCUT2D eigenvalue weighted by Crippen LogP contribution is 2.15. The summed E-state index contributed by atoms with van der Waals surface area (Å²) in [6, 6.07) is 0. The molecule has 0 radical (unpaired) electrons. The molecule has 0 spiro atoms. The Labute approximate surface area is 93.8 Å². The van der Waals surface area contributed by atoms with E-state index in [4.69, 9.17) is 10.5 Å². The number of carbonyl (C=O) groups is 1. The molecule has 0 bridgehead atoms. The Kier molecular flexibility index (Phi) is 2.93. The molecular formula is C10H16N4O2. The van der Waals surface area contributed by atoms with Gasteiger partial charge in [-0.2, -0.15) is 5.10 Å². The zero-order valence-corrected chi connectivity index (χ0v) is 9.27. The van der Waals surface area contributed by atoms with E-state index in [0.29, 0.717) is 26.2 Å². The van der Waals surface area contributed by atoms with E-state index in [-0.39, 0.29) is 5.91 Å². The molecule has 1 aromatic heterocycles. The molecule has 1 unspecified atom stereocenters. The average molecular weight is 224 g/mol. The van der Waals surface area contributed by atoms with Crippen molar-refractivity contribution in [1.29, 1.82) is 0 Å². The van der Waals surface area contributed by atoms with Gasteiger partial charge in [-0.3, -0.25) is 9.48 Å². The van der Waals surface area contributed by atoms with E-state index in [2.05, 4.69) is 10.4 Å². The summed E-state index contributed by atoms with van der Waals surface area (Å²) in [7, 11) is 1.83. The third-order valence-electron chi connectivity index (χ3n) is 2.72. The molecule has 1 atom stereocenters. The van der Waals surface area contributed by atoms with Crippen LogP contribution in [0, 0.1) is 0 Å². The van der Waals surface area contributed by atoms with Gasteiger partial charge in [-0.25, -0.2) is 0 Å². The molecule has 2 rings (SSSR count). The fraction of sp³-hybridized carbons (Fsp3) is 0.600. The van der Waals surface area contributed by atoms with Crippen LogP contribution in [0.3, 0.4) is 0 Å². The zero-order chi connectivity index (χ0) is 11.6. The van der Waals surface area contributed by atoms with E-state index in [1.165, 1.54) is 0 Å². The van der Waals surface area contributed by atoms with E-state index in [1.807, 2.05) is 13.2 Å². The van der Waals surface area contributed by atoms with Gasteiger partial charge >= 0.3 is 0 Å². The molecule has 6 heteroatoms. The molecule has 1 aromatic rings. The number of nitrogens with two attached hydrogens (primary N) is 1. The standard InChI is InChI=1S/C10H16N4O2/c1-14-6-8(5-13-14)4-12-9(15)10(11)2-3-16-7-10/h5-6H,2-4,7,11H2,1H3,(H,12,15). The molecule has 1 fully saturated rings. The number of hydrogen-bond acceptors (Lipinski definition) is 4. The summed E-state index contributed by atoms with van der Waals surface area (Å²) in [6.45, 7) is 1.30. The van der Waals surface area contributed by atoms with Gasteiger partial charge in [-0.15, -0.1) is 0 Å². The Morgan fingerprint density at radius 1 is 1.81 bits per heavy atom. The van der Waals surface area contributed by atoms with E-state index >= 15 is 0 Å². The van der Waals surface area contributed by atoms with E-state index in [9.17, 15) is 4.79 Å². The maximum absolute atomic E-state index is 11.8. The van der Waals surface area contributed by atoms with Crippen molar-refractivity contribution in [3.63, 3.8) is 0 Å². The SMILES string of the molecule is Cn1cc(CNC(=O)C2(N)CCOC2)cn1. The van der Waals surface area contributed by atoms with Gasteiger partial charge in [0.1, 0.15) is 5.54 Å².